The molecule has 326 valence electrons. The standard InChI is InChI=1S/C38H5BF22O2/c40-7-3-1-2-5-4-6-9(8(5)7)17(41)29(53)34(58)36(6)62-39(16-12(20(44)26(50)32(56)24(16)48)13-21(45)27(51)33(57)28(52)22(13)46)63-37-15-11(19(43)30(54)35(37)59)10-14(38(15,60)61)23(47)31(55)25(49)18(10)42/h1-3H,4H2. The van der Waals surface area contributed by atoms with Gasteiger partial charge in [-0.05, 0) is 11.6 Å². The summed E-state index contributed by atoms with van der Waals surface area (Å²) in [6, 6.07) is 2.46. The molecule has 6 aromatic carbocycles. The summed E-state index contributed by atoms with van der Waals surface area (Å²) >= 11 is 0. The maximum Gasteiger partial charge on any atom is 0.636 e. The summed E-state index contributed by atoms with van der Waals surface area (Å²) in [7, 11) is -4.28. The molecule has 2 nitrogen and oxygen atoms in total. The first-order valence-electron chi connectivity index (χ1n) is 16.5. The van der Waals surface area contributed by atoms with Crippen LogP contribution in [0.2, 0.25) is 0 Å². The predicted molar refractivity (Wildman–Crippen MR) is 167 cm³/mol. The van der Waals surface area contributed by atoms with Gasteiger partial charge in [0.05, 0.1) is 22.2 Å². The van der Waals surface area contributed by atoms with Crippen LogP contribution in [0.15, 0.2) is 18.2 Å². The Labute approximate surface area is 332 Å². The molecule has 25 heteroatoms. The van der Waals surface area contributed by atoms with E-state index >= 15 is 61.5 Å². The maximum absolute atomic E-state index is 16.2. The highest BCUT2D eigenvalue weighted by Gasteiger charge is 2.56. The number of rotatable bonds is 6. The zero-order chi connectivity index (χ0) is 46.4. The monoisotopic (exact) mass is 922 g/mol. The minimum absolute atomic E-state index is 0.422. The number of fused-ring (bicyclic) bond motifs is 6. The fourth-order valence-electron chi connectivity index (χ4n) is 7.29. The molecule has 0 saturated heterocycles. The average molecular weight is 922 g/mol. The second-order valence-corrected chi connectivity index (χ2v) is 13.2. The van der Waals surface area contributed by atoms with Crippen molar-refractivity contribution in [1.29, 1.82) is 0 Å². The van der Waals surface area contributed by atoms with Crippen LogP contribution in [0.5, 0.6) is 11.5 Å². The van der Waals surface area contributed by atoms with Crippen molar-refractivity contribution in [3.8, 4) is 44.9 Å². The van der Waals surface area contributed by atoms with E-state index in [1.54, 1.807) is 0 Å². The molecule has 6 aromatic rings. The Morgan fingerprint density at radius 2 is 0.762 bits per heavy atom. The molecule has 63 heavy (non-hydrogen) atoms. The van der Waals surface area contributed by atoms with Gasteiger partial charge >= 0.3 is 13.0 Å². The first-order chi connectivity index (χ1) is 29.4. The Hall–Kier alpha value is -6.56. The van der Waals surface area contributed by atoms with E-state index in [-0.39, 0.29) is 0 Å². The molecule has 0 atom stereocenters. The third kappa shape index (κ3) is 5.65. The van der Waals surface area contributed by atoms with Gasteiger partial charge in [-0.25, -0.2) is 79.0 Å². The summed E-state index contributed by atoms with van der Waals surface area (Å²) in [5.41, 5.74) is -23.0. The molecule has 0 fully saturated rings. The number of alkyl halides is 2. The normalized spacial score (nSPS) is 13.3. The Morgan fingerprint density at radius 1 is 0.365 bits per heavy atom. The largest absolute Gasteiger partial charge is 0.636 e. The summed E-state index contributed by atoms with van der Waals surface area (Å²) in [5, 5.41) is 0. The summed E-state index contributed by atoms with van der Waals surface area (Å²) < 4.78 is 344. The quantitative estimate of drug-likeness (QED) is 0.0716. The highest BCUT2D eigenvalue weighted by molar-refractivity contribution is 6.64. The zero-order valence-electron chi connectivity index (χ0n) is 29.1. The predicted octanol–water partition coefficient (Wildman–Crippen LogP) is 11.7. The number of benzene rings is 6. The topological polar surface area (TPSA) is 18.5 Å². The zero-order valence-corrected chi connectivity index (χ0v) is 29.1. The van der Waals surface area contributed by atoms with E-state index < -0.39 is 208 Å². The third-order valence-electron chi connectivity index (χ3n) is 9.97. The van der Waals surface area contributed by atoms with E-state index in [0.717, 1.165) is 12.1 Å². The van der Waals surface area contributed by atoms with Gasteiger partial charge in [-0.1, -0.05) is 12.1 Å². The summed E-state index contributed by atoms with van der Waals surface area (Å²) in [6.07, 6.45) is -1.07. The Bertz CT molecular complexity index is 3070. The number of hydrogen-bond acceptors (Lipinski definition) is 2. The molecule has 0 aromatic heterocycles. The molecule has 8 rings (SSSR count). The highest BCUT2D eigenvalue weighted by Crippen LogP contribution is 2.59. The number of halogens is 22. The van der Waals surface area contributed by atoms with Crippen LogP contribution >= 0.6 is 0 Å². The fourth-order valence-corrected chi connectivity index (χ4v) is 7.29. The van der Waals surface area contributed by atoms with E-state index in [1.807, 2.05) is 0 Å². The van der Waals surface area contributed by atoms with Gasteiger partial charge in [0.1, 0.15) is 11.6 Å². The molecule has 0 N–H and O–H groups in total. The van der Waals surface area contributed by atoms with Crippen LogP contribution in [0, 0.1) is 116 Å². The highest BCUT2D eigenvalue weighted by atomic mass is 19.3. The second kappa shape index (κ2) is 14.2. The lowest BCUT2D eigenvalue weighted by molar-refractivity contribution is 0.0404. The van der Waals surface area contributed by atoms with Crippen molar-refractivity contribution in [3.05, 3.63) is 157 Å². The van der Waals surface area contributed by atoms with Crippen molar-refractivity contribution < 1.29 is 106 Å². The van der Waals surface area contributed by atoms with Crippen molar-refractivity contribution in [2.45, 2.75) is 12.3 Å². The summed E-state index contributed by atoms with van der Waals surface area (Å²) in [4.78, 5) is 0. The Morgan fingerprint density at radius 3 is 1.32 bits per heavy atom. The van der Waals surface area contributed by atoms with Crippen molar-refractivity contribution in [1.82, 2.24) is 0 Å². The fraction of sp³-hybridized carbons (Fsp3) is 0.0526. The molecule has 0 radical (unpaired) electrons. The van der Waals surface area contributed by atoms with Gasteiger partial charge in [-0.2, -0.15) is 17.6 Å². The van der Waals surface area contributed by atoms with Crippen molar-refractivity contribution in [3.63, 3.8) is 0 Å². The number of hydrogen-bond donors (Lipinski definition) is 0. The SMILES string of the molecule is Fc1cccc2c1-c1c(F)c(F)c(F)c(OB(Oc3c(F)c(F)c(F)c4c3C(F)(F)c3c(F)c(F)c(F)c(F)c3-4)c3c(F)c(F)c(F)c(F)c3-c3c(F)c(F)c(F)c(F)c3F)c1C2. The van der Waals surface area contributed by atoms with Gasteiger partial charge in [0.15, 0.2) is 98.8 Å². The smallest absolute Gasteiger partial charge is 0.519 e. The van der Waals surface area contributed by atoms with Crippen molar-refractivity contribution in [2.75, 3.05) is 0 Å². The van der Waals surface area contributed by atoms with Crippen LogP contribution < -0.4 is 14.8 Å². The molecular formula is C38H5BF22O2. The molecule has 0 spiro atoms. The summed E-state index contributed by atoms with van der Waals surface area (Å²) in [6.45, 7) is 0. The maximum atomic E-state index is 16.2. The molecule has 2 aliphatic rings. The second-order valence-electron chi connectivity index (χ2n) is 13.2. The van der Waals surface area contributed by atoms with E-state index in [0.29, 0.717) is 6.07 Å². The molecule has 0 saturated carbocycles. The molecule has 0 aliphatic heterocycles. The van der Waals surface area contributed by atoms with Crippen LogP contribution in [-0.2, 0) is 12.3 Å². The van der Waals surface area contributed by atoms with Crippen LogP contribution in [0.25, 0.3) is 33.4 Å². The van der Waals surface area contributed by atoms with Gasteiger partial charge in [0, 0.05) is 39.8 Å². The van der Waals surface area contributed by atoms with Crippen LogP contribution in [0.4, 0.5) is 96.6 Å². The Balaban J connectivity index is 1.51. The van der Waals surface area contributed by atoms with Crippen molar-refractivity contribution >= 4 is 12.6 Å². The van der Waals surface area contributed by atoms with Crippen LogP contribution in [-0.4, -0.2) is 7.12 Å². The summed E-state index contributed by atoms with van der Waals surface area (Å²) in [5.74, 6) is -70.4. The third-order valence-corrected chi connectivity index (χ3v) is 9.97. The van der Waals surface area contributed by atoms with Gasteiger partial charge in [0.2, 0.25) is 17.5 Å². The Kier molecular flexibility index (Phi) is 9.74. The van der Waals surface area contributed by atoms with Gasteiger partial charge in [-0.3, -0.25) is 0 Å². The van der Waals surface area contributed by atoms with Crippen LogP contribution in [0.1, 0.15) is 22.3 Å². The molecule has 0 heterocycles. The van der Waals surface area contributed by atoms with E-state index in [1.165, 1.54) is 0 Å². The van der Waals surface area contributed by atoms with E-state index in [2.05, 4.69) is 4.65 Å². The molecule has 0 bridgehead atoms. The lowest BCUT2D eigenvalue weighted by atomic mass is 9.72. The van der Waals surface area contributed by atoms with Gasteiger partial charge in [-0.15, -0.1) is 0 Å². The lowest BCUT2D eigenvalue weighted by Gasteiger charge is -2.25. The van der Waals surface area contributed by atoms with Crippen LogP contribution in [0.3, 0.4) is 0 Å². The molecule has 0 unspecified atom stereocenters. The van der Waals surface area contributed by atoms with E-state index in [9.17, 15) is 35.1 Å². The van der Waals surface area contributed by atoms with Gasteiger partial charge < -0.3 is 9.31 Å². The minimum atomic E-state index is -5.77. The van der Waals surface area contributed by atoms with Crippen molar-refractivity contribution in [2.24, 2.45) is 0 Å². The first kappa shape index (κ1) is 43.1. The molecule has 0 amide bonds. The molecule has 2 aliphatic carbocycles. The van der Waals surface area contributed by atoms with Gasteiger partial charge in [0.25, 0.3) is 0 Å². The molecular weight excluding hydrogens is 917 g/mol. The lowest BCUT2D eigenvalue weighted by Crippen LogP contribution is -2.48. The van der Waals surface area contributed by atoms with E-state index in [4.69, 9.17) is 4.65 Å². The average Bonchev–Trinajstić information content (AvgIpc) is 3.76. The first-order valence-corrected chi connectivity index (χ1v) is 16.5. The minimum Gasteiger partial charge on any atom is -0.519 e.